The van der Waals surface area contributed by atoms with E-state index in [-0.39, 0.29) is 11.3 Å². The van der Waals surface area contributed by atoms with E-state index in [0.717, 1.165) is 36.8 Å². The summed E-state index contributed by atoms with van der Waals surface area (Å²) in [6.45, 7) is 5.28. The number of aromatic nitrogens is 2. The van der Waals surface area contributed by atoms with Gasteiger partial charge in [-0.2, -0.15) is 0 Å². The monoisotopic (exact) mass is 385 g/mol. The molecule has 1 aliphatic rings. The first-order valence-corrected chi connectivity index (χ1v) is 9.27. The number of rotatable bonds is 3. The summed E-state index contributed by atoms with van der Waals surface area (Å²) in [7, 11) is 0. The summed E-state index contributed by atoms with van der Waals surface area (Å²) in [5, 5.41) is 0. The summed E-state index contributed by atoms with van der Waals surface area (Å²) in [6, 6.07) is 9.21. The highest BCUT2D eigenvalue weighted by molar-refractivity contribution is 5.86. The van der Waals surface area contributed by atoms with Crippen LogP contribution in [0.15, 0.2) is 47.5 Å². The quantitative estimate of drug-likeness (QED) is 0.567. The second-order valence-corrected chi connectivity index (χ2v) is 6.54. The van der Waals surface area contributed by atoms with Crippen molar-refractivity contribution in [2.75, 3.05) is 6.54 Å². The zero-order chi connectivity index (χ0) is 20.1. The number of nitrogens with zero attached hydrogens (tertiary/aromatic N) is 3. The van der Waals surface area contributed by atoms with Gasteiger partial charge < -0.3 is 4.57 Å². The van der Waals surface area contributed by atoms with Gasteiger partial charge in [0.05, 0.1) is 5.52 Å². The van der Waals surface area contributed by atoms with Gasteiger partial charge in [-0.25, -0.2) is 18.2 Å². The highest BCUT2D eigenvalue weighted by Gasteiger charge is 2.14. The number of hydrogen-bond acceptors (Lipinski definition) is 2. The Bertz CT molecular complexity index is 1020. The van der Waals surface area contributed by atoms with Crippen LogP contribution < -0.4 is 0 Å². The predicted molar refractivity (Wildman–Crippen MR) is 107 cm³/mol. The van der Waals surface area contributed by atoms with Crippen LogP contribution in [0.5, 0.6) is 0 Å². The van der Waals surface area contributed by atoms with Gasteiger partial charge in [0.25, 0.3) is 0 Å². The minimum Gasteiger partial charge on any atom is -0.326 e. The Morgan fingerprint density at radius 2 is 1.79 bits per heavy atom. The van der Waals surface area contributed by atoms with Crippen molar-refractivity contribution in [3.05, 3.63) is 71.3 Å². The van der Waals surface area contributed by atoms with Gasteiger partial charge >= 0.3 is 0 Å². The lowest BCUT2D eigenvalue weighted by Gasteiger charge is -2.08. The highest BCUT2D eigenvalue weighted by atomic mass is 19.2. The molecule has 0 spiro atoms. The van der Waals surface area contributed by atoms with Crippen molar-refractivity contribution in [1.82, 2.24) is 9.55 Å². The molecule has 2 heterocycles. The zero-order valence-electron chi connectivity index (χ0n) is 15.9. The third kappa shape index (κ3) is 4.32. The maximum absolute atomic E-state index is 13.6. The standard InChI is InChI=1S/C11H12F2N2.C11H10FN/c1-3-6-15-7(2)14-9-5-4-8(12)10(13)11(9)15;12-11-3-1-9(2-4-11)10-5-7-13-8-6-10/h4-5H,3,6H2,1-2H3;1-5,7H,6,8H2. The smallest absolute Gasteiger partial charge is 0.184 e. The first-order chi connectivity index (χ1) is 13.5. The van der Waals surface area contributed by atoms with Crippen molar-refractivity contribution in [2.24, 2.45) is 4.99 Å². The lowest BCUT2D eigenvalue weighted by molar-refractivity contribution is 0.510. The topological polar surface area (TPSA) is 30.2 Å². The molecule has 0 atom stereocenters. The van der Waals surface area contributed by atoms with E-state index in [4.69, 9.17) is 0 Å². The molecule has 1 aliphatic heterocycles. The number of allylic oxidation sites excluding steroid dienone is 1. The molecule has 0 fully saturated rings. The Balaban J connectivity index is 0.000000162. The molecule has 0 unspecified atom stereocenters. The van der Waals surface area contributed by atoms with Crippen molar-refractivity contribution >= 4 is 22.8 Å². The van der Waals surface area contributed by atoms with Crippen molar-refractivity contribution in [3.63, 3.8) is 0 Å². The third-order valence-corrected chi connectivity index (χ3v) is 4.54. The summed E-state index contributed by atoms with van der Waals surface area (Å²) >= 11 is 0. The van der Waals surface area contributed by atoms with Crippen LogP contribution in [0, 0.1) is 24.4 Å². The predicted octanol–water partition coefficient (Wildman–Crippen LogP) is 5.72. The van der Waals surface area contributed by atoms with Gasteiger partial charge in [0, 0.05) is 19.3 Å². The third-order valence-electron chi connectivity index (χ3n) is 4.54. The summed E-state index contributed by atoms with van der Waals surface area (Å²) in [5.74, 6) is -1.09. The molecule has 0 N–H and O–H groups in total. The van der Waals surface area contributed by atoms with Gasteiger partial charge in [-0.05, 0) is 61.2 Å². The van der Waals surface area contributed by atoms with Gasteiger partial charge in [-0.1, -0.05) is 19.1 Å². The Kier molecular flexibility index (Phi) is 6.29. The average molecular weight is 385 g/mol. The molecule has 2 aromatic carbocycles. The van der Waals surface area contributed by atoms with Crippen LogP contribution in [0.2, 0.25) is 0 Å². The summed E-state index contributed by atoms with van der Waals surface area (Å²) < 4.78 is 40.9. The molecule has 4 rings (SSSR count). The molecule has 3 aromatic rings. The van der Waals surface area contributed by atoms with E-state index in [1.807, 2.05) is 19.2 Å². The number of fused-ring (bicyclic) bond motifs is 1. The fourth-order valence-corrected chi connectivity index (χ4v) is 3.16. The van der Waals surface area contributed by atoms with E-state index in [2.05, 4.69) is 9.98 Å². The second-order valence-electron chi connectivity index (χ2n) is 6.54. The highest BCUT2D eigenvalue weighted by Crippen LogP contribution is 2.22. The summed E-state index contributed by atoms with van der Waals surface area (Å²) in [5.41, 5.74) is 3.11. The number of dihydropyridines is 1. The van der Waals surface area contributed by atoms with Gasteiger partial charge in [0.2, 0.25) is 0 Å². The van der Waals surface area contributed by atoms with Crippen molar-refractivity contribution in [3.8, 4) is 0 Å². The maximum Gasteiger partial charge on any atom is 0.184 e. The molecule has 146 valence electrons. The lowest BCUT2D eigenvalue weighted by Crippen LogP contribution is -2.01. The number of aryl methyl sites for hydroxylation is 2. The molecule has 0 radical (unpaired) electrons. The van der Waals surface area contributed by atoms with Gasteiger partial charge in [-0.15, -0.1) is 0 Å². The zero-order valence-corrected chi connectivity index (χ0v) is 15.9. The van der Waals surface area contributed by atoms with Crippen molar-refractivity contribution in [2.45, 2.75) is 33.2 Å². The fraction of sp³-hybridized carbons (Fsp3) is 0.273. The second kappa shape index (κ2) is 8.87. The number of imidazole rings is 1. The van der Waals surface area contributed by atoms with Crippen molar-refractivity contribution in [1.29, 1.82) is 0 Å². The number of aliphatic imine (C=N–C) groups is 1. The molecule has 0 amide bonds. The van der Waals surface area contributed by atoms with Gasteiger partial charge in [0.15, 0.2) is 11.6 Å². The molecular formula is C22H22F3N3. The van der Waals surface area contributed by atoms with Gasteiger partial charge in [0.1, 0.15) is 17.2 Å². The minimum absolute atomic E-state index is 0.186. The number of hydrogen-bond donors (Lipinski definition) is 0. The molecule has 0 saturated heterocycles. The minimum atomic E-state index is -0.820. The van der Waals surface area contributed by atoms with Crippen molar-refractivity contribution < 1.29 is 13.2 Å². The number of halogens is 3. The van der Waals surface area contributed by atoms with Crippen LogP contribution >= 0.6 is 0 Å². The van der Waals surface area contributed by atoms with Crippen LogP contribution in [0.4, 0.5) is 13.2 Å². The van der Waals surface area contributed by atoms with E-state index in [9.17, 15) is 13.2 Å². The summed E-state index contributed by atoms with van der Waals surface area (Å²) in [6.07, 6.45) is 5.60. The Labute approximate surface area is 162 Å². The average Bonchev–Trinajstić information content (AvgIpc) is 3.03. The molecule has 3 nitrogen and oxygen atoms in total. The van der Waals surface area contributed by atoms with Crippen LogP contribution in [0.3, 0.4) is 0 Å². The normalized spacial score (nSPS) is 13.2. The number of benzene rings is 2. The van der Waals surface area contributed by atoms with E-state index < -0.39 is 11.6 Å². The molecule has 6 heteroatoms. The Morgan fingerprint density at radius 3 is 2.43 bits per heavy atom. The molecule has 1 aromatic heterocycles. The van der Waals surface area contributed by atoms with Crippen LogP contribution in [0.1, 0.15) is 31.2 Å². The van der Waals surface area contributed by atoms with E-state index in [1.54, 1.807) is 23.6 Å². The molecular weight excluding hydrogens is 363 g/mol. The first-order valence-electron chi connectivity index (χ1n) is 9.27. The summed E-state index contributed by atoms with van der Waals surface area (Å²) in [4.78, 5) is 8.28. The fourth-order valence-electron chi connectivity index (χ4n) is 3.16. The van der Waals surface area contributed by atoms with E-state index in [1.165, 1.54) is 23.8 Å². The Hall–Kier alpha value is -2.89. The largest absolute Gasteiger partial charge is 0.326 e. The molecule has 28 heavy (non-hydrogen) atoms. The van der Waals surface area contributed by atoms with Crippen LogP contribution in [-0.4, -0.2) is 22.3 Å². The SMILES string of the molecule is CCCn1c(C)nc2ccc(F)c(F)c21.Fc1ccc(C2=CC=NCC2)cc1. The van der Waals surface area contributed by atoms with Gasteiger partial charge in [-0.3, -0.25) is 4.99 Å². The first kappa shape index (κ1) is 19.9. The van der Waals surface area contributed by atoms with Crippen LogP contribution in [-0.2, 0) is 6.54 Å². The lowest BCUT2D eigenvalue weighted by atomic mass is 10.0. The van der Waals surface area contributed by atoms with E-state index in [0.29, 0.717) is 12.1 Å². The maximum atomic E-state index is 13.6. The molecule has 0 bridgehead atoms. The molecule has 0 aliphatic carbocycles. The van der Waals surface area contributed by atoms with E-state index >= 15 is 0 Å². The molecule has 0 saturated carbocycles. The Morgan fingerprint density at radius 1 is 1.04 bits per heavy atom. The van der Waals surface area contributed by atoms with Crippen LogP contribution in [0.25, 0.3) is 16.6 Å².